The number of hydrogen-bond acceptors (Lipinski definition) is 3. The minimum atomic E-state index is -0.936. The number of benzene rings is 1. The van der Waals surface area contributed by atoms with Gasteiger partial charge in [0.25, 0.3) is 0 Å². The predicted octanol–water partition coefficient (Wildman–Crippen LogP) is 2.56. The molecule has 0 aliphatic carbocycles. The molecule has 0 heterocycles. The fourth-order valence-corrected chi connectivity index (χ4v) is 1.83. The number of carboxylic acids is 1. The highest BCUT2D eigenvalue weighted by molar-refractivity contribution is 5.85. The molecule has 0 saturated carbocycles. The first kappa shape index (κ1) is 15.2. The standard InChI is InChI=1S/C15H21NO3/c1-11-9-14(16(3)12(2)10-19-4)7-5-13(11)6-8-15(17)18/h5-9,12H,10H2,1-4H3,(H,17,18)/b8-6+. The summed E-state index contributed by atoms with van der Waals surface area (Å²) in [5, 5.41) is 8.63. The van der Waals surface area contributed by atoms with Crippen molar-refractivity contribution in [2.45, 2.75) is 19.9 Å². The van der Waals surface area contributed by atoms with Gasteiger partial charge in [0.2, 0.25) is 0 Å². The molecule has 0 aliphatic rings. The highest BCUT2D eigenvalue weighted by Crippen LogP contribution is 2.21. The van der Waals surface area contributed by atoms with Crippen LogP contribution < -0.4 is 4.90 Å². The summed E-state index contributed by atoms with van der Waals surface area (Å²) in [5.41, 5.74) is 3.06. The lowest BCUT2D eigenvalue weighted by Gasteiger charge is -2.27. The van der Waals surface area contributed by atoms with Crippen LogP contribution in [0.3, 0.4) is 0 Å². The molecule has 19 heavy (non-hydrogen) atoms. The number of hydrogen-bond donors (Lipinski definition) is 1. The molecule has 4 heteroatoms. The molecule has 0 spiro atoms. The molecule has 1 aromatic carbocycles. The van der Waals surface area contributed by atoms with Gasteiger partial charge in [-0.15, -0.1) is 0 Å². The summed E-state index contributed by atoms with van der Waals surface area (Å²) in [6.07, 6.45) is 2.76. The smallest absolute Gasteiger partial charge is 0.328 e. The lowest BCUT2D eigenvalue weighted by atomic mass is 10.1. The van der Waals surface area contributed by atoms with Crippen LogP contribution in [0.4, 0.5) is 5.69 Å². The first-order valence-electron chi connectivity index (χ1n) is 6.19. The van der Waals surface area contributed by atoms with Gasteiger partial charge in [-0.1, -0.05) is 6.07 Å². The molecular weight excluding hydrogens is 242 g/mol. The number of aliphatic carboxylic acids is 1. The van der Waals surface area contributed by atoms with E-state index in [1.807, 2.05) is 32.2 Å². The molecule has 1 atom stereocenters. The Bertz CT molecular complexity index is 468. The third-order valence-corrected chi connectivity index (χ3v) is 3.14. The minimum Gasteiger partial charge on any atom is -0.478 e. The Labute approximate surface area is 114 Å². The van der Waals surface area contributed by atoms with Gasteiger partial charge in [0, 0.05) is 32.0 Å². The van der Waals surface area contributed by atoms with Crippen molar-refractivity contribution in [1.29, 1.82) is 0 Å². The van der Waals surface area contributed by atoms with Crippen molar-refractivity contribution in [2.75, 3.05) is 25.7 Å². The summed E-state index contributed by atoms with van der Waals surface area (Å²) >= 11 is 0. The van der Waals surface area contributed by atoms with E-state index in [4.69, 9.17) is 9.84 Å². The van der Waals surface area contributed by atoms with Gasteiger partial charge >= 0.3 is 5.97 Å². The van der Waals surface area contributed by atoms with Crippen LogP contribution in [-0.2, 0) is 9.53 Å². The molecule has 0 aromatic heterocycles. The van der Waals surface area contributed by atoms with E-state index in [1.165, 1.54) is 0 Å². The van der Waals surface area contributed by atoms with Crippen molar-refractivity contribution in [3.8, 4) is 0 Å². The Morgan fingerprint density at radius 1 is 1.53 bits per heavy atom. The van der Waals surface area contributed by atoms with Crippen LogP contribution in [0.2, 0.25) is 0 Å². The Morgan fingerprint density at radius 3 is 2.74 bits per heavy atom. The number of anilines is 1. The second-order valence-electron chi connectivity index (χ2n) is 4.63. The monoisotopic (exact) mass is 263 g/mol. The zero-order valence-corrected chi connectivity index (χ0v) is 11.9. The summed E-state index contributed by atoms with van der Waals surface area (Å²) in [6, 6.07) is 6.25. The summed E-state index contributed by atoms with van der Waals surface area (Å²) in [6.45, 7) is 4.73. The average molecular weight is 263 g/mol. The van der Waals surface area contributed by atoms with E-state index in [1.54, 1.807) is 13.2 Å². The summed E-state index contributed by atoms with van der Waals surface area (Å²) in [5.74, 6) is -0.936. The van der Waals surface area contributed by atoms with E-state index in [0.29, 0.717) is 6.61 Å². The maximum Gasteiger partial charge on any atom is 0.328 e. The van der Waals surface area contributed by atoms with E-state index < -0.39 is 5.97 Å². The molecule has 0 fully saturated rings. The van der Waals surface area contributed by atoms with Gasteiger partial charge in [-0.3, -0.25) is 0 Å². The van der Waals surface area contributed by atoms with Crippen molar-refractivity contribution >= 4 is 17.7 Å². The quantitative estimate of drug-likeness (QED) is 0.801. The van der Waals surface area contributed by atoms with Crippen molar-refractivity contribution in [1.82, 2.24) is 0 Å². The van der Waals surface area contributed by atoms with Gasteiger partial charge < -0.3 is 14.7 Å². The van der Waals surface area contributed by atoms with Gasteiger partial charge in [0.1, 0.15) is 0 Å². The Hall–Kier alpha value is -1.81. The van der Waals surface area contributed by atoms with Gasteiger partial charge in [0.05, 0.1) is 6.61 Å². The maximum atomic E-state index is 10.5. The minimum absolute atomic E-state index is 0.282. The van der Waals surface area contributed by atoms with Crippen molar-refractivity contribution < 1.29 is 14.6 Å². The molecule has 0 bridgehead atoms. The van der Waals surface area contributed by atoms with Crippen molar-refractivity contribution in [3.63, 3.8) is 0 Å². The summed E-state index contributed by atoms with van der Waals surface area (Å²) in [4.78, 5) is 12.7. The van der Waals surface area contributed by atoms with Crippen LogP contribution in [0.25, 0.3) is 6.08 Å². The number of methoxy groups -OCH3 is 1. The average Bonchev–Trinajstić information content (AvgIpc) is 2.36. The summed E-state index contributed by atoms with van der Waals surface area (Å²) < 4.78 is 5.15. The van der Waals surface area contributed by atoms with Gasteiger partial charge in [-0.25, -0.2) is 4.79 Å². The number of nitrogens with zero attached hydrogens (tertiary/aromatic N) is 1. The Kier molecular flexibility index (Phi) is 5.57. The fourth-order valence-electron chi connectivity index (χ4n) is 1.83. The Morgan fingerprint density at radius 2 is 2.21 bits per heavy atom. The molecular formula is C15H21NO3. The number of aryl methyl sites for hydroxylation is 1. The largest absolute Gasteiger partial charge is 0.478 e. The third kappa shape index (κ3) is 4.41. The van der Waals surface area contributed by atoms with Gasteiger partial charge in [0.15, 0.2) is 0 Å². The fraction of sp³-hybridized carbons (Fsp3) is 0.400. The zero-order valence-electron chi connectivity index (χ0n) is 11.9. The van der Waals surface area contributed by atoms with Gasteiger partial charge in [-0.05, 0) is 43.2 Å². The van der Waals surface area contributed by atoms with E-state index in [2.05, 4.69) is 11.8 Å². The van der Waals surface area contributed by atoms with E-state index in [9.17, 15) is 4.79 Å². The molecule has 1 unspecified atom stereocenters. The first-order valence-corrected chi connectivity index (χ1v) is 6.19. The van der Waals surface area contributed by atoms with Crippen LogP contribution in [0.1, 0.15) is 18.1 Å². The van der Waals surface area contributed by atoms with E-state index >= 15 is 0 Å². The van der Waals surface area contributed by atoms with Crippen LogP contribution in [-0.4, -0.2) is 37.9 Å². The molecule has 0 radical (unpaired) electrons. The molecule has 0 amide bonds. The van der Waals surface area contributed by atoms with Gasteiger partial charge in [-0.2, -0.15) is 0 Å². The van der Waals surface area contributed by atoms with Crippen LogP contribution >= 0.6 is 0 Å². The maximum absolute atomic E-state index is 10.5. The second kappa shape index (κ2) is 6.95. The van der Waals surface area contributed by atoms with E-state index in [-0.39, 0.29) is 6.04 Å². The second-order valence-corrected chi connectivity index (χ2v) is 4.63. The van der Waals surface area contributed by atoms with Crippen LogP contribution in [0, 0.1) is 6.92 Å². The number of carboxylic acid groups (broad SMARTS) is 1. The number of likely N-dealkylation sites (N-methyl/N-ethyl adjacent to an activating group) is 1. The number of ether oxygens (including phenoxy) is 1. The lowest BCUT2D eigenvalue weighted by Crippen LogP contribution is -2.32. The molecule has 1 aromatic rings. The molecule has 1 rings (SSSR count). The first-order chi connectivity index (χ1) is 8.95. The number of carbonyl (C=O) groups is 1. The molecule has 0 saturated heterocycles. The topological polar surface area (TPSA) is 49.8 Å². The summed E-state index contributed by atoms with van der Waals surface area (Å²) in [7, 11) is 3.71. The van der Waals surface area contributed by atoms with Crippen molar-refractivity contribution in [3.05, 3.63) is 35.4 Å². The molecule has 1 N–H and O–H groups in total. The highest BCUT2D eigenvalue weighted by Gasteiger charge is 2.10. The third-order valence-electron chi connectivity index (χ3n) is 3.14. The normalized spacial score (nSPS) is 12.6. The SMILES string of the molecule is COCC(C)N(C)c1ccc(/C=C/C(=O)O)c(C)c1. The van der Waals surface area contributed by atoms with Crippen LogP contribution in [0.15, 0.2) is 24.3 Å². The Balaban J connectivity index is 2.90. The number of rotatable bonds is 6. The van der Waals surface area contributed by atoms with E-state index in [0.717, 1.165) is 22.9 Å². The molecule has 0 aliphatic heterocycles. The van der Waals surface area contributed by atoms with Crippen LogP contribution in [0.5, 0.6) is 0 Å². The lowest BCUT2D eigenvalue weighted by molar-refractivity contribution is -0.131. The highest BCUT2D eigenvalue weighted by atomic mass is 16.5. The zero-order chi connectivity index (χ0) is 14.4. The predicted molar refractivity (Wildman–Crippen MR) is 77.6 cm³/mol. The molecule has 104 valence electrons. The molecule has 4 nitrogen and oxygen atoms in total. The van der Waals surface area contributed by atoms with Crippen molar-refractivity contribution in [2.24, 2.45) is 0 Å².